The second kappa shape index (κ2) is 8.39. The van der Waals surface area contributed by atoms with Crippen molar-refractivity contribution in [1.29, 1.82) is 0 Å². The van der Waals surface area contributed by atoms with E-state index >= 15 is 0 Å². The molecule has 0 heterocycles. The molecule has 0 unspecified atom stereocenters. The van der Waals surface area contributed by atoms with Crippen molar-refractivity contribution < 1.29 is 0 Å². The average Bonchev–Trinajstić information content (AvgIpc) is 2.80. The standard InChI is InChI=1S/C30H26/c1-5-11-27-21(3)22(4)28(12-6-2)30-20-26(17-18-29(27)30)25-16-10-15-24(19-25)23-13-8-7-9-14-23/h5-6,8,10-20H,1-4,7,9H2/b27-11+,28-12+. The van der Waals surface area contributed by atoms with Gasteiger partial charge in [0.2, 0.25) is 0 Å². The Balaban J connectivity index is 1.99. The Morgan fingerprint density at radius 1 is 0.700 bits per heavy atom. The monoisotopic (exact) mass is 386 g/mol. The Hall–Kier alpha value is -3.64. The summed E-state index contributed by atoms with van der Waals surface area (Å²) < 4.78 is 0. The van der Waals surface area contributed by atoms with E-state index < -0.39 is 0 Å². The molecular weight excluding hydrogens is 360 g/mol. The van der Waals surface area contributed by atoms with Crippen LogP contribution >= 0.6 is 0 Å². The summed E-state index contributed by atoms with van der Waals surface area (Å²) in [7, 11) is 0. The predicted octanol–water partition coefficient (Wildman–Crippen LogP) is 4.99. The average molecular weight is 387 g/mol. The van der Waals surface area contributed by atoms with E-state index in [2.05, 4.69) is 87.0 Å². The highest BCUT2D eigenvalue weighted by Crippen LogP contribution is 2.27. The van der Waals surface area contributed by atoms with Crippen LogP contribution in [0.3, 0.4) is 0 Å². The Kier molecular flexibility index (Phi) is 5.50. The molecule has 0 bridgehead atoms. The van der Waals surface area contributed by atoms with E-state index in [1.807, 2.05) is 24.3 Å². The molecule has 0 saturated carbocycles. The van der Waals surface area contributed by atoms with Gasteiger partial charge in [0.1, 0.15) is 0 Å². The summed E-state index contributed by atoms with van der Waals surface area (Å²) in [5.41, 5.74) is 4.95. The molecule has 0 spiro atoms. The summed E-state index contributed by atoms with van der Waals surface area (Å²) in [6.07, 6.45) is 16.7. The van der Waals surface area contributed by atoms with Crippen LogP contribution in [-0.4, -0.2) is 0 Å². The minimum atomic E-state index is 0.930. The van der Waals surface area contributed by atoms with Gasteiger partial charge in [-0.3, -0.25) is 0 Å². The second-order valence-electron chi connectivity index (χ2n) is 7.57. The van der Waals surface area contributed by atoms with Crippen LogP contribution in [0.25, 0.3) is 52.8 Å². The van der Waals surface area contributed by atoms with Gasteiger partial charge in [-0.05, 0) is 78.9 Å². The Morgan fingerprint density at radius 2 is 1.37 bits per heavy atom. The van der Waals surface area contributed by atoms with Crippen LogP contribution in [0, 0.1) is 0 Å². The summed E-state index contributed by atoms with van der Waals surface area (Å²) in [6, 6.07) is 15.4. The molecule has 146 valence electrons. The van der Waals surface area contributed by atoms with Crippen molar-refractivity contribution in [3.63, 3.8) is 0 Å². The van der Waals surface area contributed by atoms with Gasteiger partial charge in [-0.1, -0.05) is 99.2 Å². The zero-order valence-corrected chi connectivity index (χ0v) is 17.3. The van der Waals surface area contributed by atoms with E-state index in [4.69, 9.17) is 0 Å². The molecule has 0 amide bonds. The minimum absolute atomic E-state index is 0.930. The molecule has 0 aliphatic heterocycles. The Bertz CT molecular complexity index is 1440. The molecule has 0 radical (unpaired) electrons. The second-order valence-corrected chi connectivity index (χ2v) is 7.57. The minimum Gasteiger partial charge on any atom is -0.0990 e. The van der Waals surface area contributed by atoms with Crippen LogP contribution in [0.4, 0.5) is 0 Å². The summed E-state index contributed by atoms with van der Waals surface area (Å²) in [5, 5.41) is 6.31. The molecule has 3 aromatic rings. The number of hydrogen-bond acceptors (Lipinski definition) is 0. The molecule has 0 atom stereocenters. The van der Waals surface area contributed by atoms with E-state index in [-0.39, 0.29) is 0 Å². The lowest BCUT2D eigenvalue weighted by Gasteiger charge is -2.11. The maximum absolute atomic E-state index is 4.30. The highest BCUT2D eigenvalue weighted by Gasteiger charge is 2.07. The first-order valence-corrected chi connectivity index (χ1v) is 10.3. The highest BCUT2D eigenvalue weighted by atomic mass is 14.1. The topological polar surface area (TPSA) is 0 Å². The van der Waals surface area contributed by atoms with Crippen molar-refractivity contribution in [2.24, 2.45) is 0 Å². The zero-order valence-electron chi connectivity index (χ0n) is 17.3. The summed E-state index contributed by atoms with van der Waals surface area (Å²) in [5.74, 6) is 0. The van der Waals surface area contributed by atoms with Gasteiger partial charge in [0.25, 0.3) is 0 Å². The number of allylic oxidation sites excluding steroid dienone is 6. The van der Waals surface area contributed by atoms with Crippen LogP contribution in [-0.2, 0) is 0 Å². The van der Waals surface area contributed by atoms with Crippen molar-refractivity contribution in [3.8, 4) is 11.1 Å². The molecule has 0 heteroatoms. The van der Waals surface area contributed by atoms with Crippen LogP contribution in [0.1, 0.15) is 18.4 Å². The lowest BCUT2D eigenvalue weighted by molar-refractivity contribution is 1.04. The van der Waals surface area contributed by atoms with Gasteiger partial charge < -0.3 is 0 Å². The van der Waals surface area contributed by atoms with Crippen LogP contribution < -0.4 is 20.9 Å². The fourth-order valence-electron chi connectivity index (χ4n) is 4.15. The van der Waals surface area contributed by atoms with Crippen LogP contribution in [0.15, 0.2) is 86.0 Å². The molecule has 0 fully saturated rings. The molecule has 4 rings (SSSR count). The normalized spacial score (nSPS) is 14.7. The molecule has 30 heavy (non-hydrogen) atoms. The van der Waals surface area contributed by atoms with Crippen molar-refractivity contribution >= 4 is 41.7 Å². The lowest BCUT2D eigenvalue weighted by atomic mass is 9.93. The molecule has 0 N–H and O–H groups in total. The number of benzene rings is 3. The van der Waals surface area contributed by atoms with Crippen molar-refractivity contribution in [1.82, 2.24) is 0 Å². The van der Waals surface area contributed by atoms with Crippen molar-refractivity contribution in [2.45, 2.75) is 12.8 Å². The first-order chi connectivity index (χ1) is 14.6. The molecular formula is C30H26. The number of fused-ring (bicyclic) bond motifs is 1. The Labute approximate surface area is 178 Å². The van der Waals surface area contributed by atoms with Crippen molar-refractivity contribution in [3.05, 3.63) is 112 Å². The molecule has 0 nitrogen and oxygen atoms in total. The highest BCUT2D eigenvalue weighted by molar-refractivity contribution is 5.90. The molecule has 0 saturated heterocycles. The Morgan fingerprint density at radius 3 is 2.03 bits per heavy atom. The zero-order chi connectivity index (χ0) is 21.1. The lowest BCUT2D eigenvalue weighted by Crippen LogP contribution is -2.47. The largest absolute Gasteiger partial charge is 0.0990 e. The van der Waals surface area contributed by atoms with E-state index in [1.54, 1.807) is 0 Å². The van der Waals surface area contributed by atoms with E-state index in [0.29, 0.717) is 0 Å². The number of rotatable bonds is 4. The van der Waals surface area contributed by atoms with Gasteiger partial charge in [-0.25, -0.2) is 0 Å². The molecule has 1 aliphatic rings. The molecule has 3 aromatic carbocycles. The van der Waals surface area contributed by atoms with Gasteiger partial charge in [0.15, 0.2) is 0 Å². The quantitative estimate of drug-likeness (QED) is 0.592. The molecule has 0 aromatic heterocycles. The van der Waals surface area contributed by atoms with Crippen LogP contribution in [0.5, 0.6) is 0 Å². The first kappa shape index (κ1) is 19.7. The first-order valence-electron chi connectivity index (χ1n) is 10.3. The van der Waals surface area contributed by atoms with Crippen molar-refractivity contribution in [2.75, 3.05) is 0 Å². The third-order valence-electron chi connectivity index (χ3n) is 5.71. The van der Waals surface area contributed by atoms with Gasteiger partial charge >= 0.3 is 0 Å². The third-order valence-corrected chi connectivity index (χ3v) is 5.71. The maximum atomic E-state index is 4.30. The van der Waals surface area contributed by atoms with Gasteiger partial charge in [-0.15, -0.1) is 0 Å². The maximum Gasteiger partial charge on any atom is -0.00930 e. The predicted molar refractivity (Wildman–Crippen MR) is 135 cm³/mol. The van der Waals surface area contributed by atoms with E-state index in [0.717, 1.165) is 44.5 Å². The number of hydrogen-bond donors (Lipinski definition) is 0. The molecule has 1 aliphatic carbocycles. The summed E-state index contributed by atoms with van der Waals surface area (Å²) >= 11 is 0. The van der Waals surface area contributed by atoms with Gasteiger partial charge in [-0.2, -0.15) is 0 Å². The van der Waals surface area contributed by atoms with Gasteiger partial charge in [0, 0.05) is 0 Å². The smallest absolute Gasteiger partial charge is 0.00930 e. The summed E-state index contributed by atoms with van der Waals surface area (Å²) in [4.78, 5) is 0. The van der Waals surface area contributed by atoms with E-state index in [1.165, 1.54) is 22.3 Å². The fourth-order valence-corrected chi connectivity index (χ4v) is 4.15. The van der Waals surface area contributed by atoms with E-state index in [9.17, 15) is 0 Å². The fraction of sp³-hybridized carbons (Fsp3) is 0.0667. The van der Waals surface area contributed by atoms with Crippen LogP contribution in [0.2, 0.25) is 0 Å². The third kappa shape index (κ3) is 3.53. The summed E-state index contributed by atoms with van der Waals surface area (Å²) in [6.45, 7) is 16.3. The van der Waals surface area contributed by atoms with Gasteiger partial charge in [0.05, 0.1) is 0 Å². The SMILES string of the molecule is C=C/C=c1\c(=C)c(=C)/c(=C\C=C)c2cc(-c3cccc(C4=CCCC=C4)c3)ccc12.